The van der Waals surface area contributed by atoms with Crippen LogP contribution >= 0.6 is 0 Å². The van der Waals surface area contributed by atoms with Gasteiger partial charge in [0.15, 0.2) is 0 Å². The summed E-state index contributed by atoms with van der Waals surface area (Å²) in [6.45, 7) is 3.30. The van der Waals surface area contributed by atoms with Gasteiger partial charge in [-0.15, -0.1) is 0 Å². The quantitative estimate of drug-likeness (QED) is 0.742. The summed E-state index contributed by atoms with van der Waals surface area (Å²) in [6.07, 6.45) is 12.2. The van der Waals surface area contributed by atoms with Crippen molar-refractivity contribution >= 4 is 16.7 Å². The second kappa shape index (κ2) is 7.89. The summed E-state index contributed by atoms with van der Waals surface area (Å²) >= 11 is 0. The Labute approximate surface area is 164 Å². The Morgan fingerprint density at radius 2 is 1.75 bits per heavy atom. The van der Waals surface area contributed by atoms with Crippen molar-refractivity contribution in [3.8, 4) is 11.1 Å². The normalized spacial score (nSPS) is 19.1. The van der Waals surface area contributed by atoms with Gasteiger partial charge in [0.1, 0.15) is 5.82 Å². The van der Waals surface area contributed by atoms with Crippen molar-refractivity contribution in [3.63, 3.8) is 0 Å². The van der Waals surface area contributed by atoms with Crippen LogP contribution in [0.25, 0.3) is 22.0 Å². The third kappa shape index (κ3) is 3.50. The molecule has 0 unspecified atom stereocenters. The van der Waals surface area contributed by atoms with Gasteiger partial charge in [0.05, 0.1) is 11.7 Å². The number of hydrogen-bond acceptors (Lipinski definition) is 5. The Balaban J connectivity index is 1.49. The Bertz CT molecular complexity index is 943. The maximum Gasteiger partial charge on any atom is 0.126 e. The zero-order chi connectivity index (χ0) is 18.8. The van der Waals surface area contributed by atoms with E-state index in [1.807, 2.05) is 18.6 Å². The summed E-state index contributed by atoms with van der Waals surface area (Å²) in [6, 6.07) is 7.28. The van der Waals surface area contributed by atoms with Gasteiger partial charge >= 0.3 is 0 Å². The van der Waals surface area contributed by atoms with E-state index < -0.39 is 0 Å². The standard InChI is InChI=1S/C22H26N4O2/c1-8-24-22(25-17-3-9-27-10-4-17)13-16(1)20-15-26(18-5-11-28-12-6-18)21-14-23-7-2-19(20)21/h1-2,7-8,13-15,17-18H,3-6,9-12H2,(H,24,25). The van der Waals surface area contributed by atoms with E-state index in [1.54, 1.807) is 0 Å². The lowest BCUT2D eigenvalue weighted by atomic mass is 10.1. The zero-order valence-electron chi connectivity index (χ0n) is 16.0. The fourth-order valence-corrected chi connectivity index (χ4v) is 4.32. The molecule has 0 atom stereocenters. The molecule has 0 amide bonds. The smallest absolute Gasteiger partial charge is 0.126 e. The van der Waals surface area contributed by atoms with Crippen LogP contribution in [0.2, 0.25) is 0 Å². The van der Waals surface area contributed by atoms with Crippen LogP contribution in [0.4, 0.5) is 5.82 Å². The monoisotopic (exact) mass is 378 g/mol. The van der Waals surface area contributed by atoms with Crippen molar-refractivity contribution in [2.24, 2.45) is 0 Å². The van der Waals surface area contributed by atoms with E-state index >= 15 is 0 Å². The molecule has 2 aliphatic heterocycles. The minimum Gasteiger partial charge on any atom is -0.381 e. The van der Waals surface area contributed by atoms with Crippen LogP contribution in [0.3, 0.4) is 0 Å². The molecule has 3 aromatic heterocycles. The number of nitrogens with zero attached hydrogens (tertiary/aromatic N) is 3. The predicted octanol–water partition coefficient (Wildman–Crippen LogP) is 4.04. The predicted molar refractivity (Wildman–Crippen MR) is 110 cm³/mol. The van der Waals surface area contributed by atoms with Crippen LogP contribution in [-0.4, -0.2) is 47.0 Å². The molecule has 146 valence electrons. The third-order valence-electron chi connectivity index (χ3n) is 5.87. The van der Waals surface area contributed by atoms with Gasteiger partial charge < -0.3 is 19.4 Å². The summed E-state index contributed by atoms with van der Waals surface area (Å²) in [7, 11) is 0. The lowest BCUT2D eigenvalue weighted by Crippen LogP contribution is -2.28. The van der Waals surface area contributed by atoms with Gasteiger partial charge in [-0.2, -0.15) is 0 Å². The highest BCUT2D eigenvalue weighted by atomic mass is 16.5. The maximum absolute atomic E-state index is 5.56. The van der Waals surface area contributed by atoms with E-state index in [0.29, 0.717) is 12.1 Å². The first-order valence-corrected chi connectivity index (χ1v) is 10.2. The molecule has 5 rings (SSSR count). The van der Waals surface area contributed by atoms with Crippen molar-refractivity contribution in [3.05, 3.63) is 43.0 Å². The van der Waals surface area contributed by atoms with E-state index in [-0.39, 0.29) is 0 Å². The molecular formula is C22H26N4O2. The largest absolute Gasteiger partial charge is 0.381 e. The second-order valence-electron chi connectivity index (χ2n) is 7.65. The number of aromatic nitrogens is 3. The third-order valence-corrected chi connectivity index (χ3v) is 5.87. The highest BCUT2D eigenvalue weighted by Gasteiger charge is 2.20. The minimum absolute atomic E-state index is 0.435. The number of hydrogen-bond donors (Lipinski definition) is 1. The fourth-order valence-electron chi connectivity index (χ4n) is 4.32. The average Bonchev–Trinajstić information content (AvgIpc) is 3.15. The van der Waals surface area contributed by atoms with Gasteiger partial charge in [-0.25, -0.2) is 4.98 Å². The molecule has 3 aromatic rings. The van der Waals surface area contributed by atoms with Gasteiger partial charge in [0.2, 0.25) is 0 Å². The number of pyridine rings is 2. The first-order chi connectivity index (χ1) is 13.9. The summed E-state index contributed by atoms with van der Waals surface area (Å²) in [5.41, 5.74) is 3.62. The molecule has 2 saturated heterocycles. The zero-order valence-corrected chi connectivity index (χ0v) is 16.0. The molecular weight excluding hydrogens is 352 g/mol. The van der Waals surface area contributed by atoms with Crippen molar-refractivity contribution in [1.82, 2.24) is 14.5 Å². The van der Waals surface area contributed by atoms with Gasteiger partial charge in [-0.1, -0.05) is 0 Å². The topological polar surface area (TPSA) is 61.2 Å². The molecule has 0 aliphatic carbocycles. The Morgan fingerprint density at radius 3 is 2.57 bits per heavy atom. The van der Waals surface area contributed by atoms with Crippen molar-refractivity contribution in [2.45, 2.75) is 37.8 Å². The van der Waals surface area contributed by atoms with Gasteiger partial charge in [-0.3, -0.25) is 4.98 Å². The van der Waals surface area contributed by atoms with Crippen molar-refractivity contribution in [1.29, 1.82) is 0 Å². The lowest BCUT2D eigenvalue weighted by Gasteiger charge is -2.24. The van der Waals surface area contributed by atoms with Crippen LogP contribution < -0.4 is 5.32 Å². The summed E-state index contributed by atoms with van der Waals surface area (Å²) < 4.78 is 13.4. The van der Waals surface area contributed by atoms with Crippen LogP contribution in [0.1, 0.15) is 31.7 Å². The van der Waals surface area contributed by atoms with Gasteiger partial charge in [0.25, 0.3) is 0 Å². The lowest BCUT2D eigenvalue weighted by molar-refractivity contribution is 0.0707. The molecule has 0 spiro atoms. The number of rotatable bonds is 4. The molecule has 0 saturated carbocycles. The maximum atomic E-state index is 5.56. The SMILES string of the molecule is c1cc2c(-c3ccnc(NC4CCOCC4)c3)cn(C3CCOCC3)c2cn1. The van der Waals surface area contributed by atoms with E-state index in [0.717, 1.165) is 57.9 Å². The van der Waals surface area contributed by atoms with Crippen molar-refractivity contribution < 1.29 is 9.47 Å². The highest BCUT2D eigenvalue weighted by Crippen LogP contribution is 2.35. The molecule has 28 heavy (non-hydrogen) atoms. The average molecular weight is 378 g/mol. The number of ether oxygens (including phenoxy) is 2. The van der Waals surface area contributed by atoms with Crippen LogP contribution in [-0.2, 0) is 9.47 Å². The first kappa shape index (κ1) is 17.6. The molecule has 5 heterocycles. The van der Waals surface area contributed by atoms with E-state index in [2.05, 4.69) is 44.2 Å². The first-order valence-electron chi connectivity index (χ1n) is 10.2. The van der Waals surface area contributed by atoms with Crippen LogP contribution in [0, 0.1) is 0 Å². The van der Waals surface area contributed by atoms with E-state index in [1.165, 1.54) is 22.0 Å². The molecule has 1 N–H and O–H groups in total. The summed E-state index contributed by atoms with van der Waals surface area (Å²) in [4.78, 5) is 8.93. The molecule has 6 nitrogen and oxygen atoms in total. The fraction of sp³-hybridized carbons (Fsp3) is 0.455. The summed E-state index contributed by atoms with van der Waals surface area (Å²) in [5.74, 6) is 0.936. The highest BCUT2D eigenvalue weighted by molar-refractivity contribution is 5.96. The Kier molecular flexibility index (Phi) is 4.97. The number of anilines is 1. The van der Waals surface area contributed by atoms with Gasteiger partial charge in [-0.05, 0) is 49.4 Å². The van der Waals surface area contributed by atoms with Crippen LogP contribution in [0.5, 0.6) is 0 Å². The molecule has 0 aromatic carbocycles. The molecule has 6 heteroatoms. The Hall–Kier alpha value is -2.44. The van der Waals surface area contributed by atoms with E-state index in [9.17, 15) is 0 Å². The second-order valence-corrected chi connectivity index (χ2v) is 7.65. The molecule has 0 bridgehead atoms. The summed E-state index contributed by atoms with van der Waals surface area (Å²) in [5, 5.41) is 4.82. The van der Waals surface area contributed by atoms with Gasteiger partial charge in [0, 0.05) is 68.1 Å². The molecule has 2 aliphatic rings. The Morgan fingerprint density at radius 1 is 0.964 bits per heavy atom. The molecule has 2 fully saturated rings. The minimum atomic E-state index is 0.435. The van der Waals surface area contributed by atoms with Crippen LogP contribution in [0.15, 0.2) is 43.0 Å². The van der Waals surface area contributed by atoms with Crippen molar-refractivity contribution in [2.75, 3.05) is 31.7 Å². The van der Waals surface area contributed by atoms with E-state index in [4.69, 9.17) is 9.47 Å². The number of nitrogens with one attached hydrogen (secondary N) is 1. The molecule has 0 radical (unpaired) electrons. The number of fused-ring (bicyclic) bond motifs is 1.